The lowest BCUT2D eigenvalue weighted by Crippen LogP contribution is -2.50. The summed E-state index contributed by atoms with van der Waals surface area (Å²) in [6.45, 7) is 5.96. The molecule has 2 aliphatic heterocycles. The van der Waals surface area contributed by atoms with Gasteiger partial charge in [-0.1, -0.05) is 18.2 Å². The number of hydrogen-bond acceptors (Lipinski definition) is 5. The molecular formula is C20H21N5O2. The van der Waals surface area contributed by atoms with E-state index in [1.165, 1.54) is 0 Å². The molecule has 0 spiro atoms. The van der Waals surface area contributed by atoms with Crippen molar-refractivity contribution in [3.05, 3.63) is 68.9 Å². The van der Waals surface area contributed by atoms with Crippen molar-refractivity contribution in [1.82, 2.24) is 19.7 Å². The molecule has 0 amide bonds. The Morgan fingerprint density at radius 3 is 2.81 bits per heavy atom. The maximum Gasteiger partial charge on any atom is 0.256 e. The van der Waals surface area contributed by atoms with Crippen LogP contribution in [0.3, 0.4) is 0 Å². The number of aromatic nitrogens is 4. The second kappa shape index (κ2) is 5.97. The predicted molar refractivity (Wildman–Crippen MR) is 101 cm³/mol. The van der Waals surface area contributed by atoms with Crippen LogP contribution >= 0.6 is 0 Å². The van der Waals surface area contributed by atoms with Crippen LogP contribution in [0.25, 0.3) is 0 Å². The Hall–Kier alpha value is -3.09. The number of anilines is 1. The minimum atomic E-state index is -0.0788. The van der Waals surface area contributed by atoms with Crippen molar-refractivity contribution in [1.29, 1.82) is 0 Å². The van der Waals surface area contributed by atoms with Crippen LogP contribution in [0.5, 0.6) is 5.75 Å². The molecule has 0 saturated carbocycles. The largest absolute Gasteiger partial charge is 0.487 e. The molecule has 138 valence electrons. The summed E-state index contributed by atoms with van der Waals surface area (Å²) >= 11 is 0. The van der Waals surface area contributed by atoms with Gasteiger partial charge in [-0.15, -0.1) is 0 Å². The van der Waals surface area contributed by atoms with Crippen molar-refractivity contribution in [2.45, 2.75) is 32.9 Å². The van der Waals surface area contributed by atoms with E-state index in [0.717, 1.165) is 41.5 Å². The molecular weight excluding hydrogens is 342 g/mol. The van der Waals surface area contributed by atoms with E-state index < -0.39 is 0 Å². The number of benzene rings is 1. The fraction of sp³-hybridized carbons (Fsp3) is 0.350. The van der Waals surface area contributed by atoms with Gasteiger partial charge in [-0.3, -0.25) is 14.5 Å². The first-order valence-corrected chi connectivity index (χ1v) is 9.19. The number of nitrogens with one attached hydrogen (secondary N) is 1. The molecule has 27 heavy (non-hydrogen) atoms. The SMILES string of the molecule is Cc1cc(C)n(C2CN(c3nc4c(c(=O)[nH]3)Cc3ccccc3OC4)C2)n1. The smallest absolute Gasteiger partial charge is 0.256 e. The number of H-pyrrole nitrogens is 1. The van der Waals surface area contributed by atoms with Crippen LogP contribution in [0, 0.1) is 13.8 Å². The van der Waals surface area contributed by atoms with Gasteiger partial charge in [0.15, 0.2) is 0 Å². The van der Waals surface area contributed by atoms with Gasteiger partial charge in [0.05, 0.1) is 17.4 Å². The summed E-state index contributed by atoms with van der Waals surface area (Å²) in [7, 11) is 0. The summed E-state index contributed by atoms with van der Waals surface area (Å²) in [6, 6.07) is 10.2. The van der Waals surface area contributed by atoms with Gasteiger partial charge in [-0.2, -0.15) is 5.10 Å². The summed E-state index contributed by atoms with van der Waals surface area (Å²) in [5.74, 6) is 1.44. The van der Waals surface area contributed by atoms with E-state index >= 15 is 0 Å². The van der Waals surface area contributed by atoms with Crippen LogP contribution < -0.4 is 15.2 Å². The molecule has 1 aromatic carbocycles. The molecule has 0 aliphatic carbocycles. The molecule has 3 aromatic rings. The van der Waals surface area contributed by atoms with E-state index in [4.69, 9.17) is 9.72 Å². The molecule has 0 bridgehead atoms. The summed E-state index contributed by atoms with van der Waals surface area (Å²) in [4.78, 5) is 22.5. The van der Waals surface area contributed by atoms with Crippen LogP contribution in [0.1, 0.15) is 34.3 Å². The van der Waals surface area contributed by atoms with Crippen LogP contribution in [-0.4, -0.2) is 32.8 Å². The minimum absolute atomic E-state index is 0.0788. The molecule has 0 atom stereocenters. The van der Waals surface area contributed by atoms with Crippen molar-refractivity contribution in [2.24, 2.45) is 0 Å². The molecule has 1 fully saturated rings. The summed E-state index contributed by atoms with van der Waals surface area (Å²) in [5, 5.41) is 4.56. The molecule has 2 aliphatic rings. The standard InChI is InChI=1S/C20H21N5O2/c1-12-7-13(2)25(23-12)15-9-24(10-15)20-21-17-11-27-18-6-4-3-5-14(18)8-16(17)19(26)22-20/h3-7,15H,8-11H2,1-2H3,(H,21,22,26). The predicted octanol–water partition coefficient (Wildman–Crippen LogP) is 2.13. The lowest BCUT2D eigenvalue weighted by atomic mass is 10.0. The number of ether oxygens (including phenoxy) is 1. The zero-order chi connectivity index (χ0) is 18.5. The van der Waals surface area contributed by atoms with Crippen LogP contribution in [0.2, 0.25) is 0 Å². The number of rotatable bonds is 2. The molecule has 1 saturated heterocycles. The van der Waals surface area contributed by atoms with Gasteiger partial charge < -0.3 is 9.64 Å². The summed E-state index contributed by atoms with van der Waals surface area (Å²) in [6.07, 6.45) is 0.544. The fourth-order valence-electron chi connectivity index (χ4n) is 3.91. The first kappa shape index (κ1) is 16.1. The third kappa shape index (κ3) is 2.70. The topological polar surface area (TPSA) is 76.0 Å². The molecule has 5 rings (SSSR count). The number of hydrogen-bond donors (Lipinski definition) is 1. The van der Waals surface area contributed by atoms with Gasteiger partial charge in [-0.25, -0.2) is 4.98 Å². The van der Waals surface area contributed by atoms with Gasteiger partial charge in [0.2, 0.25) is 5.95 Å². The summed E-state index contributed by atoms with van der Waals surface area (Å²) < 4.78 is 7.94. The number of fused-ring (bicyclic) bond motifs is 2. The second-order valence-electron chi connectivity index (χ2n) is 7.32. The Morgan fingerprint density at radius 1 is 1.22 bits per heavy atom. The highest BCUT2D eigenvalue weighted by molar-refractivity contribution is 5.43. The van der Waals surface area contributed by atoms with Crippen molar-refractivity contribution in [2.75, 3.05) is 18.0 Å². The molecule has 7 nitrogen and oxygen atoms in total. The fourth-order valence-corrected chi connectivity index (χ4v) is 3.91. The third-order valence-corrected chi connectivity index (χ3v) is 5.35. The average Bonchev–Trinajstić information content (AvgIpc) is 2.82. The number of aromatic amines is 1. The van der Waals surface area contributed by atoms with E-state index in [1.54, 1.807) is 0 Å². The highest BCUT2D eigenvalue weighted by atomic mass is 16.5. The minimum Gasteiger partial charge on any atom is -0.487 e. The Morgan fingerprint density at radius 2 is 2.04 bits per heavy atom. The molecule has 4 heterocycles. The van der Waals surface area contributed by atoms with Crippen molar-refractivity contribution in [3.63, 3.8) is 0 Å². The number of aryl methyl sites for hydroxylation is 2. The van der Waals surface area contributed by atoms with Gasteiger partial charge >= 0.3 is 0 Å². The number of para-hydroxylation sites is 1. The van der Waals surface area contributed by atoms with E-state index in [0.29, 0.717) is 30.6 Å². The zero-order valence-corrected chi connectivity index (χ0v) is 15.4. The maximum absolute atomic E-state index is 12.7. The van der Waals surface area contributed by atoms with Crippen molar-refractivity contribution < 1.29 is 4.74 Å². The quantitative estimate of drug-likeness (QED) is 0.755. The van der Waals surface area contributed by atoms with Gasteiger partial charge in [0.1, 0.15) is 12.4 Å². The molecule has 0 unspecified atom stereocenters. The van der Waals surface area contributed by atoms with Crippen LogP contribution in [0.4, 0.5) is 5.95 Å². The lowest BCUT2D eigenvalue weighted by Gasteiger charge is -2.40. The zero-order valence-electron chi connectivity index (χ0n) is 15.4. The van der Waals surface area contributed by atoms with Gasteiger partial charge in [0, 0.05) is 30.8 Å². The third-order valence-electron chi connectivity index (χ3n) is 5.35. The lowest BCUT2D eigenvalue weighted by molar-refractivity contribution is 0.301. The normalized spacial score (nSPS) is 16.1. The van der Waals surface area contributed by atoms with Gasteiger partial charge in [-0.05, 0) is 31.5 Å². The Balaban J connectivity index is 1.40. The second-order valence-corrected chi connectivity index (χ2v) is 7.32. The highest BCUT2D eigenvalue weighted by Gasteiger charge is 2.32. The number of nitrogens with zero attached hydrogens (tertiary/aromatic N) is 4. The van der Waals surface area contributed by atoms with E-state index in [1.807, 2.05) is 31.2 Å². The molecule has 1 N–H and O–H groups in total. The maximum atomic E-state index is 12.7. The Labute approximate surface area is 156 Å². The Kier molecular flexibility index (Phi) is 3.56. The highest BCUT2D eigenvalue weighted by Crippen LogP contribution is 2.29. The average molecular weight is 363 g/mol. The van der Waals surface area contributed by atoms with Crippen molar-refractivity contribution in [3.8, 4) is 5.75 Å². The van der Waals surface area contributed by atoms with E-state index in [9.17, 15) is 4.79 Å². The van der Waals surface area contributed by atoms with E-state index in [2.05, 4.69) is 32.7 Å². The van der Waals surface area contributed by atoms with Gasteiger partial charge in [0.25, 0.3) is 5.56 Å². The van der Waals surface area contributed by atoms with Crippen LogP contribution in [-0.2, 0) is 13.0 Å². The monoisotopic (exact) mass is 363 g/mol. The van der Waals surface area contributed by atoms with Crippen LogP contribution in [0.15, 0.2) is 35.1 Å². The first-order chi connectivity index (χ1) is 13.1. The summed E-state index contributed by atoms with van der Waals surface area (Å²) in [5.41, 5.74) is 4.54. The molecule has 0 radical (unpaired) electrons. The van der Waals surface area contributed by atoms with Crippen molar-refractivity contribution >= 4 is 5.95 Å². The molecule has 7 heteroatoms. The molecule has 2 aromatic heterocycles. The first-order valence-electron chi connectivity index (χ1n) is 9.19. The Bertz CT molecular complexity index is 1080. The van der Waals surface area contributed by atoms with E-state index in [-0.39, 0.29) is 5.56 Å².